The van der Waals surface area contributed by atoms with Gasteiger partial charge in [0, 0.05) is 19.6 Å². The van der Waals surface area contributed by atoms with Crippen LogP contribution in [0.4, 0.5) is 0 Å². The maximum atomic E-state index is 13.1. The van der Waals surface area contributed by atoms with E-state index in [9.17, 15) is 19.8 Å². The van der Waals surface area contributed by atoms with E-state index in [0.717, 1.165) is 56.3 Å². The van der Waals surface area contributed by atoms with Crippen LogP contribution in [-0.4, -0.2) is 83.8 Å². The average molecular weight is 446 g/mol. The van der Waals surface area contributed by atoms with Gasteiger partial charge in [0.1, 0.15) is 0 Å². The van der Waals surface area contributed by atoms with E-state index >= 15 is 0 Å². The van der Waals surface area contributed by atoms with E-state index in [1.54, 1.807) is 0 Å². The Bertz CT molecular complexity index is 759. The topological polar surface area (TPSA) is 93.1 Å². The van der Waals surface area contributed by atoms with Gasteiger partial charge >= 0.3 is 0 Å². The van der Waals surface area contributed by atoms with E-state index in [4.69, 9.17) is 0 Å². The van der Waals surface area contributed by atoms with E-state index in [1.165, 1.54) is 0 Å². The van der Waals surface area contributed by atoms with Gasteiger partial charge in [0.15, 0.2) is 0 Å². The number of amides is 2. The molecular formula is C25H39N3O4. The van der Waals surface area contributed by atoms with Crippen LogP contribution in [0.1, 0.15) is 49.7 Å². The Hall–Kier alpha value is -1.96. The molecule has 7 nitrogen and oxygen atoms in total. The number of likely N-dealkylation sites (tertiary alicyclic amines) is 1. The van der Waals surface area contributed by atoms with Gasteiger partial charge in [-0.15, -0.1) is 0 Å². The van der Waals surface area contributed by atoms with Crippen LogP contribution in [0.2, 0.25) is 0 Å². The first-order valence-electron chi connectivity index (χ1n) is 12.0. The summed E-state index contributed by atoms with van der Waals surface area (Å²) in [5, 5.41) is 23.7. The van der Waals surface area contributed by atoms with Crippen LogP contribution in [0, 0.1) is 12.3 Å². The molecule has 3 rings (SSSR count). The van der Waals surface area contributed by atoms with Crippen molar-refractivity contribution in [2.75, 3.05) is 39.8 Å². The van der Waals surface area contributed by atoms with Crippen LogP contribution >= 0.6 is 0 Å². The van der Waals surface area contributed by atoms with E-state index in [0.29, 0.717) is 19.5 Å². The first-order chi connectivity index (χ1) is 15.3. The minimum absolute atomic E-state index is 0.0107. The van der Waals surface area contributed by atoms with Gasteiger partial charge in [-0.3, -0.25) is 9.59 Å². The zero-order chi connectivity index (χ0) is 23.1. The third kappa shape index (κ3) is 6.53. The molecule has 0 aromatic heterocycles. The molecule has 0 radical (unpaired) electrons. The van der Waals surface area contributed by atoms with E-state index in [-0.39, 0.29) is 24.8 Å². The van der Waals surface area contributed by atoms with Crippen molar-refractivity contribution in [1.29, 1.82) is 0 Å². The van der Waals surface area contributed by atoms with Crippen molar-refractivity contribution in [2.45, 2.75) is 64.1 Å². The summed E-state index contributed by atoms with van der Waals surface area (Å²) in [6.45, 7) is 4.81. The number of nitrogens with zero attached hydrogens (tertiary/aromatic N) is 2. The number of benzene rings is 1. The Morgan fingerprint density at radius 3 is 2.41 bits per heavy atom. The number of aliphatic hydroxyl groups excluding tert-OH is 2. The molecule has 0 saturated carbocycles. The first-order valence-corrected chi connectivity index (χ1v) is 12.0. The number of aliphatic hydroxyl groups is 2. The van der Waals surface area contributed by atoms with Crippen molar-refractivity contribution in [3.63, 3.8) is 0 Å². The fourth-order valence-electron chi connectivity index (χ4n) is 4.76. The van der Waals surface area contributed by atoms with Gasteiger partial charge in [0.2, 0.25) is 11.8 Å². The fourth-order valence-corrected chi connectivity index (χ4v) is 4.76. The predicted molar refractivity (Wildman–Crippen MR) is 124 cm³/mol. The summed E-state index contributed by atoms with van der Waals surface area (Å²) in [5.74, 6) is 0.0250. The molecule has 32 heavy (non-hydrogen) atoms. The van der Waals surface area contributed by atoms with Crippen LogP contribution in [0.5, 0.6) is 0 Å². The highest BCUT2D eigenvalue weighted by molar-refractivity contribution is 5.82. The molecule has 1 aromatic rings. The summed E-state index contributed by atoms with van der Waals surface area (Å²) >= 11 is 0. The smallest absolute Gasteiger partial charge is 0.226 e. The molecule has 0 bridgehead atoms. The number of aryl methyl sites for hydroxylation is 1. The van der Waals surface area contributed by atoms with Crippen molar-refractivity contribution < 1.29 is 19.8 Å². The molecule has 2 aliphatic rings. The number of carbonyl (C=O) groups excluding carboxylic acids is 2. The number of nitrogens with one attached hydrogen (secondary N) is 1. The Balaban J connectivity index is 1.69. The van der Waals surface area contributed by atoms with Crippen molar-refractivity contribution in [1.82, 2.24) is 15.1 Å². The number of hydrogen-bond donors (Lipinski definition) is 3. The van der Waals surface area contributed by atoms with Crippen molar-refractivity contribution in [3.05, 3.63) is 35.4 Å². The summed E-state index contributed by atoms with van der Waals surface area (Å²) in [6, 6.07) is 7.97. The minimum Gasteiger partial charge on any atom is -0.390 e. The Morgan fingerprint density at radius 2 is 1.72 bits per heavy atom. The molecule has 2 amide bonds. The van der Waals surface area contributed by atoms with E-state index < -0.39 is 17.6 Å². The van der Waals surface area contributed by atoms with Gasteiger partial charge < -0.3 is 25.3 Å². The lowest BCUT2D eigenvalue weighted by Gasteiger charge is -2.39. The normalized spacial score (nSPS) is 26.0. The zero-order valence-electron chi connectivity index (χ0n) is 19.6. The van der Waals surface area contributed by atoms with Crippen molar-refractivity contribution in [3.8, 4) is 0 Å². The summed E-state index contributed by atoms with van der Waals surface area (Å²) in [4.78, 5) is 30.1. The second-order valence-corrected chi connectivity index (χ2v) is 9.72. The van der Waals surface area contributed by atoms with Gasteiger partial charge in [0.25, 0.3) is 0 Å². The van der Waals surface area contributed by atoms with E-state index in [1.807, 2.05) is 36.1 Å². The molecule has 2 saturated heterocycles. The molecule has 2 fully saturated rings. The third-order valence-corrected chi connectivity index (χ3v) is 7.20. The summed E-state index contributed by atoms with van der Waals surface area (Å²) in [7, 11) is 2.07. The lowest BCUT2D eigenvalue weighted by molar-refractivity contribution is -0.135. The van der Waals surface area contributed by atoms with Gasteiger partial charge in [-0.2, -0.15) is 0 Å². The zero-order valence-corrected chi connectivity index (χ0v) is 19.6. The van der Waals surface area contributed by atoms with Crippen LogP contribution in [0.25, 0.3) is 0 Å². The largest absolute Gasteiger partial charge is 0.390 e. The molecule has 1 aromatic carbocycles. The Kier molecular flexibility index (Phi) is 8.68. The number of piperidine rings is 1. The minimum atomic E-state index is -1.04. The third-order valence-electron chi connectivity index (χ3n) is 7.20. The van der Waals surface area contributed by atoms with Gasteiger partial charge in [0.05, 0.1) is 24.0 Å². The lowest BCUT2D eigenvalue weighted by Crippen LogP contribution is -2.50. The fraction of sp³-hybridized carbons (Fsp3) is 0.680. The second-order valence-electron chi connectivity index (χ2n) is 9.72. The number of hydrogen-bond acceptors (Lipinski definition) is 5. The second kappa shape index (κ2) is 11.3. The Morgan fingerprint density at radius 1 is 1.03 bits per heavy atom. The van der Waals surface area contributed by atoms with Crippen LogP contribution in [0.3, 0.4) is 0 Å². The molecule has 2 heterocycles. The van der Waals surface area contributed by atoms with Crippen molar-refractivity contribution in [2.24, 2.45) is 5.41 Å². The van der Waals surface area contributed by atoms with Gasteiger partial charge in [-0.05, 0) is 64.7 Å². The highest BCUT2D eigenvalue weighted by Crippen LogP contribution is 2.36. The molecule has 1 spiro atoms. The lowest BCUT2D eigenvalue weighted by atomic mass is 9.73. The molecule has 7 heteroatoms. The van der Waals surface area contributed by atoms with Crippen LogP contribution < -0.4 is 5.32 Å². The molecule has 2 aliphatic heterocycles. The summed E-state index contributed by atoms with van der Waals surface area (Å²) in [6.07, 6.45) is 2.65. The predicted octanol–water partition coefficient (Wildman–Crippen LogP) is 1.49. The quantitative estimate of drug-likeness (QED) is 0.641. The monoisotopic (exact) mass is 445 g/mol. The number of carbonyl (C=O) groups is 2. The van der Waals surface area contributed by atoms with Crippen molar-refractivity contribution >= 4 is 11.8 Å². The number of β-amino-alcohol motifs (C(OH)–C–C–N with tert-alkyl or cyclic N) is 1. The molecule has 2 atom stereocenters. The average Bonchev–Trinajstić information content (AvgIpc) is 2.79. The van der Waals surface area contributed by atoms with Crippen LogP contribution in [-0.2, 0) is 16.0 Å². The maximum Gasteiger partial charge on any atom is 0.226 e. The number of rotatable bonds is 2. The standard InChI is InChI=1S/C25H39N3O4/c1-19-5-7-20(8-6-19)17-23(31)28-13-4-3-10-25(11-15-27(2)16-12-25)24(32)26-18-22(30)21(29)9-14-28/h5-8,21-22,29-30H,3-4,9-18H2,1-2H3,(H,26,32)/t21-,22+/m0/s1. The van der Waals surface area contributed by atoms with Gasteiger partial charge in [-0.25, -0.2) is 0 Å². The summed E-state index contributed by atoms with van der Waals surface area (Å²) in [5.41, 5.74) is 1.71. The Labute approximate surface area is 191 Å². The van der Waals surface area contributed by atoms with Crippen LogP contribution in [0.15, 0.2) is 24.3 Å². The first kappa shape index (κ1) is 24.7. The van der Waals surface area contributed by atoms with Gasteiger partial charge in [-0.1, -0.05) is 36.2 Å². The summed E-state index contributed by atoms with van der Waals surface area (Å²) < 4.78 is 0. The SMILES string of the molecule is Cc1ccc(CC(=O)N2CCCCC3(CCN(C)CC3)C(=O)NC[C@@H](O)[C@@H](O)CC2)cc1. The maximum absolute atomic E-state index is 13.1. The molecule has 0 unspecified atom stereocenters. The molecule has 0 aliphatic carbocycles. The molecular weight excluding hydrogens is 406 g/mol. The molecule has 178 valence electrons. The molecule has 3 N–H and O–H groups in total. The highest BCUT2D eigenvalue weighted by atomic mass is 16.3. The van der Waals surface area contributed by atoms with E-state index in [2.05, 4.69) is 17.3 Å². The highest BCUT2D eigenvalue weighted by Gasteiger charge is 2.40.